The summed E-state index contributed by atoms with van der Waals surface area (Å²) < 4.78 is 5.45. The number of benzene rings is 2. The van der Waals surface area contributed by atoms with Gasteiger partial charge in [-0.25, -0.2) is 0 Å². The topological polar surface area (TPSA) is 78.9 Å². The van der Waals surface area contributed by atoms with E-state index in [4.69, 9.17) is 4.74 Å². The molecule has 2 N–H and O–H groups in total. The zero-order chi connectivity index (χ0) is 22.6. The van der Waals surface area contributed by atoms with Crippen LogP contribution in [-0.4, -0.2) is 53.7 Å². The predicted molar refractivity (Wildman–Crippen MR) is 124 cm³/mol. The quantitative estimate of drug-likeness (QED) is 0.552. The number of aryl methyl sites for hydroxylation is 1. The molecule has 0 bridgehead atoms. The third-order valence-electron chi connectivity index (χ3n) is 5.90. The Bertz CT molecular complexity index is 828. The summed E-state index contributed by atoms with van der Waals surface area (Å²) in [4.78, 5) is 26.4. The van der Waals surface area contributed by atoms with Crippen molar-refractivity contribution >= 4 is 11.9 Å². The van der Waals surface area contributed by atoms with E-state index in [0.717, 1.165) is 43.4 Å². The Morgan fingerprint density at radius 3 is 2.38 bits per heavy atom. The Kier molecular flexibility index (Phi) is 9.72. The molecule has 32 heavy (non-hydrogen) atoms. The monoisotopic (exact) mass is 438 g/mol. The van der Waals surface area contributed by atoms with Crippen LogP contribution in [0.2, 0.25) is 0 Å². The molecule has 1 saturated heterocycles. The Balaban J connectivity index is 1.51. The molecule has 3 rings (SSSR count). The lowest BCUT2D eigenvalue weighted by atomic mass is 10.0. The van der Waals surface area contributed by atoms with E-state index in [-0.39, 0.29) is 25.2 Å². The molecule has 6 nitrogen and oxygen atoms in total. The van der Waals surface area contributed by atoms with Crippen molar-refractivity contribution in [3.05, 3.63) is 71.8 Å². The van der Waals surface area contributed by atoms with Crippen LogP contribution in [0.1, 0.15) is 43.2 Å². The molecule has 2 aromatic carbocycles. The van der Waals surface area contributed by atoms with Gasteiger partial charge in [0.1, 0.15) is 12.6 Å². The van der Waals surface area contributed by atoms with Gasteiger partial charge >= 0.3 is 11.9 Å². The number of hydrogen-bond donors (Lipinski definition) is 2. The van der Waals surface area contributed by atoms with Gasteiger partial charge in [-0.3, -0.25) is 14.5 Å². The Morgan fingerprint density at radius 1 is 1.00 bits per heavy atom. The van der Waals surface area contributed by atoms with E-state index in [1.807, 2.05) is 60.7 Å². The molecule has 6 heteroatoms. The van der Waals surface area contributed by atoms with Gasteiger partial charge in [-0.2, -0.15) is 0 Å². The zero-order valence-corrected chi connectivity index (χ0v) is 18.6. The summed E-state index contributed by atoms with van der Waals surface area (Å²) in [6.45, 7) is 1.97. The third kappa shape index (κ3) is 8.44. The van der Waals surface area contributed by atoms with Crippen LogP contribution in [0.3, 0.4) is 0 Å². The smallest absolute Gasteiger partial charge is 0.320 e. The molecule has 0 saturated carbocycles. The molecule has 0 radical (unpaired) electrons. The molecule has 2 atom stereocenters. The number of carbonyl (C=O) groups excluding carboxylic acids is 1. The molecule has 1 aliphatic rings. The van der Waals surface area contributed by atoms with Crippen LogP contribution in [0.15, 0.2) is 60.7 Å². The highest BCUT2D eigenvalue weighted by Gasteiger charge is 2.25. The van der Waals surface area contributed by atoms with Crippen molar-refractivity contribution < 1.29 is 19.4 Å². The first-order valence-electron chi connectivity index (χ1n) is 11.5. The van der Waals surface area contributed by atoms with Crippen LogP contribution >= 0.6 is 0 Å². The summed E-state index contributed by atoms with van der Waals surface area (Å²) in [5, 5.41) is 13.1. The number of hydrogen-bond acceptors (Lipinski definition) is 5. The number of carboxylic acid groups (broad SMARTS) is 1. The van der Waals surface area contributed by atoms with Gasteiger partial charge in [0.25, 0.3) is 0 Å². The summed E-state index contributed by atoms with van der Waals surface area (Å²) >= 11 is 0. The Morgan fingerprint density at radius 2 is 1.69 bits per heavy atom. The SMILES string of the molecule is O=C(CN1CCCCC[C@H](N[C@@H](CCc2ccccc2)C(=O)O)C1)OCc1ccccc1. The second-order valence-corrected chi connectivity index (χ2v) is 8.51. The van der Waals surface area contributed by atoms with Gasteiger partial charge in [-0.15, -0.1) is 0 Å². The van der Waals surface area contributed by atoms with Gasteiger partial charge in [0, 0.05) is 12.6 Å². The lowest BCUT2D eigenvalue weighted by molar-refractivity contribution is -0.146. The van der Waals surface area contributed by atoms with Crippen molar-refractivity contribution in [2.45, 2.75) is 57.2 Å². The van der Waals surface area contributed by atoms with Crippen LogP contribution in [0.4, 0.5) is 0 Å². The van der Waals surface area contributed by atoms with Gasteiger partial charge < -0.3 is 15.2 Å². The standard InChI is InChI=1S/C26H34N2O4/c29-25(32-20-22-12-6-2-7-13-22)19-28-17-9-3-8-14-23(18-28)27-24(26(30)31)16-15-21-10-4-1-5-11-21/h1-2,4-7,10-13,23-24,27H,3,8-9,14-20H2,(H,30,31)/t23-,24-/m0/s1. The van der Waals surface area contributed by atoms with E-state index in [1.165, 1.54) is 0 Å². The fourth-order valence-corrected chi connectivity index (χ4v) is 4.16. The number of rotatable bonds is 10. The molecule has 0 spiro atoms. The number of aliphatic carboxylic acids is 1. The highest BCUT2D eigenvalue weighted by atomic mass is 16.5. The Labute approximate surface area is 190 Å². The minimum absolute atomic E-state index is 0.0362. The minimum Gasteiger partial charge on any atom is -0.480 e. The third-order valence-corrected chi connectivity index (χ3v) is 5.90. The maximum absolute atomic E-state index is 12.4. The van der Waals surface area contributed by atoms with E-state index < -0.39 is 12.0 Å². The van der Waals surface area contributed by atoms with Gasteiger partial charge in [0.2, 0.25) is 0 Å². The fraction of sp³-hybridized carbons (Fsp3) is 0.462. The molecule has 0 amide bonds. The number of esters is 1. The lowest BCUT2D eigenvalue weighted by Crippen LogP contribution is -2.50. The van der Waals surface area contributed by atoms with E-state index >= 15 is 0 Å². The maximum Gasteiger partial charge on any atom is 0.320 e. The molecular formula is C26H34N2O4. The van der Waals surface area contributed by atoms with E-state index in [9.17, 15) is 14.7 Å². The first-order valence-corrected chi connectivity index (χ1v) is 11.5. The molecule has 1 fully saturated rings. The van der Waals surface area contributed by atoms with Crippen LogP contribution in [-0.2, 0) is 27.4 Å². The van der Waals surface area contributed by atoms with Crippen LogP contribution in [0, 0.1) is 0 Å². The van der Waals surface area contributed by atoms with Crippen molar-refractivity contribution in [1.82, 2.24) is 10.2 Å². The summed E-state index contributed by atoms with van der Waals surface area (Å²) in [5.74, 6) is -1.07. The zero-order valence-electron chi connectivity index (χ0n) is 18.6. The summed E-state index contributed by atoms with van der Waals surface area (Å²) in [6.07, 6.45) is 5.34. The summed E-state index contributed by atoms with van der Waals surface area (Å²) in [5.41, 5.74) is 2.11. The van der Waals surface area contributed by atoms with E-state index in [2.05, 4.69) is 10.2 Å². The maximum atomic E-state index is 12.4. The van der Waals surface area contributed by atoms with Crippen molar-refractivity contribution in [1.29, 1.82) is 0 Å². The van der Waals surface area contributed by atoms with Crippen molar-refractivity contribution in [2.75, 3.05) is 19.6 Å². The predicted octanol–water partition coefficient (Wildman–Crippen LogP) is 3.65. The summed E-state index contributed by atoms with van der Waals surface area (Å²) in [7, 11) is 0. The number of nitrogens with one attached hydrogen (secondary N) is 1. The second-order valence-electron chi connectivity index (χ2n) is 8.51. The van der Waals surface area contributed by atoms with E-state index in [1.54, 1.807) is 0 Å². The molecule has 0 aliphatic carbocycles. The normalized spacial score (nSPS) is 18.3. The molecule has 172 valence electrons. The van der Waals surface area contributed by atoms with Gasteiger partial charge in [-0.05, 0) is 43.4 Å². The molecule has 1 heterocycles. The average molecular weight is 439 g/mol. The van der Waals surface area contributed by atoms with E-state index in [0.29, 0.717) is 19.4 Å². The second kappa shape index (κ2) is 13.0. The highest BCUT2D eigenvalue weighted by molar-refractivity contribution is 5.73. The van der Waals surface area contributed by atoms with Crippen LogP contribution < -0.4 is 5.32 Å². The first kappa shape index (κ1) is 24.0. The molecule has 1 aliphatic heterocycles. The fourth-order valence-electron chi connectivity index (χ4n) is 4.16. The van der Waals surface area contributed by atoms with Crippen LogP contribution in [0.5, 0.6) is 0 Å². The van der Waals surface area contributed by atoms with Crippen molar-refractivity contribution in [2.24, 2.45) is 0 Å². The number of likely N-dealkylation sites (tertiary alicyclic amines) is 1. The number of nitrogens with zero attached hydrogens (tertiary/aromatic N) is 1. The first-order chi connectivity index (χ1) is 15.6. The summed E-state index contributed by atoms with van der Waals surface area (Å²) in [6, 6.07) is 19.0. The highest BCUT2D eigenvalue weighted by Crippen LogP contribution is 2.14. The van der Waals surface area contributed by atoms with Crippen molar-refractivity contribution in [3.63, 3.8) is 0 Å². The van der Waals surface area contributed by atoms with Gasteiger partial charge in [0.05, 0.1) is 6.54 Å². The Hall–Kier alpha value is -2.70. The number of ether oxygens (including phenoxy) is 1. The minimum atomic E-state index is -0.822. The number of carboxylic acids is 1. The van der Waals surface area contributed by atoms with Crippen LogP contribution in [0.25, 0.3) is 0 Å². The van der Waals surface area contributed by atoms with Crippen molar-refractivity contribution in [3.8, 4) is 0 Å². The van der Waals surface area contributed by atoms with Gasteiger partial charge in [0.15, 0.2) is 0 Å². The number of carbonyl (C=O) groups is 2. The lowest BCUT2D eigenvalue weighted by Gasteiger charge is -2.31. The molecule has 2 aromatic rings. The van der Waals surface area contributed by atoms with Gasteiger partial charge in [-0.1, -0.05) is 73.5 Å². The molecule has 0 aromatic heterocycles. The largest absolute Gasteiger partial charge is 0.480 e. The average Bonchev–Trinajstić information content (AvgIpc) is 2.79. The molecule has 0 unspecified atom stereocenters. The molecular weight excluding hydrogens is 404 g/mol.